The summed E-state index contributed by atoms with van der Waals surface area (Å²) in [6.07, 6.45) is 3.01. The molecule has 0 amide bonds. The van der Waals surface area contributed by atoms with Gasteiger partial charge in [0.25, 0.3) is 0 Å². The molecule has 0 aliphatic rings. The fraction of sp³-hybridized carbons (Fsp3) is 0.667. The molecular formula is C12H20ClN3O. The summed E-state index contributed by atoms with van der Waals surface area (Å²) in [6, 6.07) is 0. The molecule has 5 heteroatoms. The number of aliphatic hydroxyl groups is 1. The number of hydrogen-bond acceptors (Lipinski definition) is 4. The maximum absolute atomic E-state index is 9.99. The highest BCUT2D eigenvalue weighted by Gasteiger charge is 2.15. The van der Waals surface area contributed by atoms with Gasteiger partial charge < -0.3 is 10.4 Å². The van der Waals surface area contributed by atoms with E-state index >= 15 is 0 Å². The normalized spacial score (nSPS) is 12.8. The van der Waals surface area contributed by atoms with Crippen LogP contribution in [0.4, 0.5) is 5.82 Å². The highest BCUT2D eigenvalue weighted by Crippen LogP contribution is 2.19. The lowest BCUT2D eigenvalue weighted by molar-refractivity contribution is 0.114. The third-order valence-electron chi connectivity index (χ3n) is 3.09. The van der Waals surface area contributed by atoms with Crippen LogP contribution in [0.5, 0.6) is 0 Å². The number of rotatable bonds is 6. The Kier molecular flexibility index (Phi) is 5.65. The highest BCUT2D eigenvalue weighted by atomic mass is 35.5. The second-order valence-corrected chi connectivity index (χ2v) is 4.52. The van der Waals surface area contributed by atoms with Crippen molar-refractivity contribution in [2.24, 2.45) is 5.92 Å². The van der Waals surface area contributed by atoms with Gasteiger partial charge in [-0.2, -0.15) is 0 Å². The van der Waals surface area contributed by atoms with E-state index in [4.69, 9.17) is 11.6 Å². The first kappa shape index (κ1) is 14.2. The number of halogens is 1. The zero-order valence-electron chi connectivity index (χ0n) is 10.6. The molecule has 1 aromatic rings. The van der Waals surface area contributed by atoms with Gasteiger partial charge in [-0.1, -0.05) is 38.3 Å². The van der Waals surface area contributed by atoms with E-state index in [1.165, 1.54) is 6.33 Å². The fourth-order valence-electron chi connectivity index (χ4n) is 1.81. The minimum Gasteiger partial charge on any atom is -0.391 e. The van der Waals surface area contributed by atoms with Crippen molar-refractivity contribution in [2.75, 3.05) is 11.9 Å². The summed E-state index contributed by atoms with van der Waals surface area (Å²) < 4.78 is 0. The molecule has 0 aliphatic carbocycles. The van der Waals surface area contributed by atoms with E-state index in [0.29, 0.717) is 23.4 Å². The van der Waals surface area contributed by atoms with Crippen molar-refractivity contribution in [3.05, 3.63) is 17.0 Å². The van der Waals surface area contributed by atoms with Crippen molar-refractivity contribution >= 4 is 17.4 Å². The zero-order chi connectivity index (χ0) is 12.8. The Morgan fingerprint density at radius 3 is 2.59 bits per heavy atom. The molecule has 0 fully saturated rings. The molecule has 0 bridgehead atoms. The maximum atomic E-state index is 9.99. The minimum atomic E-state index is -0.363. The number of aromatic nitrogens is 2. The van der Waals surface area contributed by atoms with Crippen LogP contribution < -0.4 is 5.32 Å². The largest absolute Gasteiger partial charge is 0.391 e. The van der Waals surface area contributed by atoms with Gasteiger partial charge in [0.05, 0.1) is 6.10 Å². The topological polar surface area (TPSA) is 58.0 Å². The molecule has 1 aromatic heterocycles. The summed E-state index contributed by atoms with van der Waals surface area (Å²) in [5.74, 6) is 1.01. The van der Waals surface area contributed by atoms with Gasteiger partial charge in [-0.25, -0.2) is 9.97 Å². The number of anilines is 1. The van der Waals surface area contributed by atoms with Crippen molar-refractivity contribution in [3.8, 4) is 0 Å². The third-order valence-corrected chi connectivity index (χ3v) is 3.48. The molecule has 0 aromatic carbocycles. The number of aliphatic hydroxyl groups excluding tert-OH is 1. The van der Waals surface area contributed by atoms with E-state index in [1.54, 1.807) is 0 Å². The molecule has 1 rings (SSSR count). The molecular weight excluding hydrogens is 238 g/mol. The third kappa shape index (κ3) is 3.82. The maximum Gasteiger partial charge on any atom is 0.137 e. The van der Waals surface area contributed by atoms with Crippen molar-refractivity contribution < 1.29 is 5.11 Å². The Morgan fingerprint density at radius 1 is 1.35 bits per heavy atom. The molecule has 0 radical (unpaired) electrons. The van der Waals surface area contributed by atoms with Crippen LogP contribution in [0, 0.1) is 12.8 Å². The molecule has 0 aliphatic heterocycles. The second kappa shape index (κ2) is 6.77. The number of nitrogens with zero attached hydrogens (tertiary/aromatic N) is 2. The average Bonchev–Trinajstić information content (AvgIpc) is 2.32. The van der Waals surface area contributed by atoms with Gasteiger partial charge in [0.2, 0.25) is 0 Å². The molecule has 96 valence electrons. The Morgan fingerprint density at radius 2 is 2.00 bits per heavy atom. The van der Waals surface area contributed by atoms with E-state index in [-0.39, 0.29) is 6.10 Å². The SMILES string of the molecule is CCC(CC)C(O)CNc1ncnc(Cl)c1C. The van der Waals surface area contributed by atoms with Gasteiger partial charge in [0.15, 0.2) is 0 Å². The Balaban J connectivity index is 2.58. The average molecular weight is 258 g/mol. The van der Waals surface area contributed by atoms with Crippen molar-refractivity contribution in [1.82, 2.24) is 9.97 Å². The lowest BCUT2D eigenvalue weighted by Gasteiger charge is -2.21. The van der Waals surface area contributed by atoms with Crippen molar-refractivity contribution in [1.29, 1.82) is 0 Å². The highest BCUT2D eigenvalue weighted by molar-refractivity contribution is 6.30. The predicted molar refractivity (Wildman–Crippen MR) is 70.3 cm³/mol. The Labute approximate surface area is 107 Å². The molecule has 0 saturated heterocycles. The van der Waals surface area contributed by atoms with Crippen LogP contribution in [-0.4, -0.2) is 27.7 Å². The Hall–Kier alpha value is -0.870. The van der Waals surface area contributed by atoms with E-state index < -0.39 is 0 Å². The molecule has 2 N–H and O–H groups in total. The molecule has 4 nitrogen and oxygen atoms in total. The summed E-state index contributed by atoms with van der Waals surface area (Å²) in [5.41, 5.74) is 0.811. The predicted octanol–water partition coefficient (Wildman–Crippen LogP) is 2.65. The van der Waals surface area contributed by atoms with Crippen LogP contribution in [0.15, 0.2) is 6.33 Å². The van der Waals surface area contributed by atoms with Crippen LogP contribution in [0.2, 0.25) is 5.15 Å². The second-order valence-electron chi connectivity index (χ2n) is 4.16. The zero-order valence-corrected chi connectivity index (χ0v) is 11.3. The van der Waals surface area contributed by atoms with E-state index in [1.807, 2.05) is 6.92 Å². The standard InChI is InChI=1S/C12H20ClN3O/c1-4-9(5-2)10(17)6-14-12-8(3)11(13)15-7-16-12/h7,9-10,17H,4-6H2,1-3H3,(H,14,15,16). The molecule has 17 heavy (non-hydrogen) atoms. The first-order valence-corrected chi connectivity index (χ1v) is 6.36. The van der Waals surface area contributed by atoms with Crippen molar-refractivity contribution in [2.45, 2.75) is 39.7 Å². The molecule has 1 unspecified atom stereocenters. The van der Waals surface area contributed by atoms with Crippen LogP contribution in [-0.2, 0) is 0 Å². The number of nitrogens with one attached hydrogen (secondary N) is 1. The van der Waals surface area contributed by atoms with Gasteiger partial charge in [-0.3, -0.25) is 0 Å². The van der Waals surface area contributed by atoms with Crippen molar-refractivity contribution in [3.63, 3.8) is 0 Å². The smallest absolute Gasteiger partial charge is 0.137 e. The summed E-state index contributed by atoms with van der Waals surface area (Å²) in [7, 11) is 0. The van der Waals surface area contributed by atoms with E-state index in [0.717, 1.165) is 18.4 Å². The van der Waals surface area contributed by atoms with Crippen LogP contribution in [0.25, 0.3) is 0 Å². The van der Waals surface area contributed by atoms with Gasteiger partial charge in [-0.15, -0.1) is 0 Å². The molecule has 0 spiro atoms. The minimum absolute atomic E-state index is 0.320. The van der Waals surface area contributed by atoms with Crippen LogP contribution in [0.1, 0.15) is 32.3 Å². The molecule has 0 saturated carbocycles. The first-order chi connectivity index (χ1) is 8.10. The summed E-state index contributed by atoms with van der Waals surface area (Å²) in [6.45, 7) is 6.52. The van der Waals surface area contributed by atoms with Crippen LogP contribution in [0.3, 0.4) is 0 Å². The van der Waals surface area contributed by atoms with Gasteiger partial charge in [0.1, 0.15) is 17.3 Å². The first-order valence-electron chi connectivity index (χ1n) is 5.99. The number of hydrogen-bond donors (Lipinski definition) is 2. The van der Waals surface area contributed by atoms with E-state index in [2.05, 4.69) is 29.1 Å². The quantitative estimate of drug-likeness (QED) is 0.770. The lowest BCUT2D eigenvalue weighted by Crippen LogP contribution is -2.28. The van der Waals surface area contributed by atoms with Gasteiger partial charge in [0, 0.05) is 12.1 Å². The Bertz CT molecular complexity index is 356. The summed E-state index contributed by atoms with van der Waals surface area (Å²) in [4.78, 5) is 7.99. The fourth-order valence-corrected chi connectivity index (χ4v) is 1.94. The van der Waals surface area contributed by atoms with Gasteiger partial charge in [-0.05, 0) is 12.8 Å². The van der Waals surface area contributed by atoms with Crippen LogP contribution >= 0.6 is 11.6 Å². The summed E-state index contributed by atoms with van der Waals surface area (Å²) in [5, 5.41) is 13.6. The molecule has 1 heterocycles. The monoisotopic (exact) mass is 257 g/mol. The summed E-state index contributed by atoms with van der Waals surface area (Å²) >= 11 is 5.89. The molecule has 1 atom stereocenters. The van der Waals surface area contributed by atoms with Gasteiger partial charge >= 0.3 is 0 Å². The van der Waals surface area contributed by atoms with E-state index in [9.17, 15) is 5.11 Å². The lowest BCUT2D eigenvalue weighted by atomic mass is 9.96.